The zero-order valence-electron chi connectivity index (χ0n) is 12.0. The summed E-state index contributed by atoms with van der Waals surface area (Å²) in [6.07, 6.45) is 7.07. The van der Waals surface area contributed by atoms with E-state index in [-0.39, 0.29) is 5.97 Å². The monoisotopic (exact) mass is 291 g/mol. The second-order valence-corrected chi connectivity index (χ2v) is 5.03. The van der Waals surface area contributed by atoms with Gasteiger partial charge in [0.1, 0.15) is 0 Å². The molecule has 0 aliphatic rings. The molecule has 1 N–H and O–H groups in total. The maximum absolute atomic E-state index is 11.9. The number of carbonyl (C=O) groups is 1. The van der Waals surface area contributed by atoms with Gasteiger partial charge in [-0.25, -0.2) is 4.79 Å². The topological polar surface area (TPSA) is 67.9 Å². The Morgan fingerprint density at radius 2 is 2.00 bits per heavy atom. The molecule has 0 aliphatic carbocycles. The molecule has 3 heterocycles. The Hall–Kier alpha value is -2.95. The maximum Gasteiger partial charge on any atom is 0.339 e. The number of carbonyl (C=O) groups excluding carboxylic acids is 1. The number of pyridine rings is 2. The van der Waals surface area contributed by atoms with Gasteiger partial charge in [-0.05, 0) is 19.1 Å². The van der Waals surface area contributed by atoms with Crippen molar-refractivity contribution in [2.45, 2.75) is 6.92 Å². The first-order valence-corrected chi connectivity index (χ1v) is 7.09. The van der Waals surface area contributed by atoms with E-state index in [4.69, 9.17) is 4.74 Å². The van der Waals surface area contributed by atoms with Crippen molar-refractivity contribution >= 4 is 38.5 Å². The van der Waals surface area contributed by atoms with Gasteiger partial charge in [0, 0.05) is 46.3 Å². The Balaban J connectivity index is 2.12. The molecule has 1 aromatic carbocycles. The van der Waals surface area contributed by atoms with Crippen LogP contribution in [-0.4, -0.2) is 27.5 Å². The Morgan fingerprint density at radius 3 is 2.82 bits per heavy atom. The molecule has 0 bridgehead atoms. The first kappa shape index (κ1) is 12.8. The van der Waals surface area contributed by atoms with Crippen LogP contribution in [0.4, 0.5) is 0 Å². The highest BCUT2D eigenvalue weighted by Crippen LogP contribution is 2.32. The lowest BCUT2D eigenvalue weighted by Crippen LogP contribution is -2.05. The Labute approximate surface area is 125 Å². The number of hydrogen-bond donors (Lipinski definition) is 1. The number of nitrogens with zero attached hydrogens (tertiary/aromatic N) is 2. The van der Waals surface area contributed by atoms with Crippen molar-refractivity contribution in [1.82, 2.24) is 15.0 Å². The van der Waals surface area contributed by atoms with Gasteiger partial charge in [-0.3, -0.25) is 9.97 Å². The average Bonchev–Trinajstić information content (AvgIpc) is 3.05. The van der Waals surface area contributed by atoms with Crippen LogP contribution in [-0.2, 0) is 4.74 Å². The number of nitrogens with one attached hydrogen (secondary N) is 1. The van der Waals surface area contributed by atoms with E-state index < -0.39 is 0 Å². The zero-order chi connectivity index (χ0) is 15.1. The third-order valence-electron chi connectivity index (χ3n) is 3.77. The molecule has 108 valence electrons. The summed E-state index contributed by atoms with van der Waals surface area (Å²) in [7, 11) is 0. The Morgan fingerprint density at radius 1 is 1.18 bits per heavy atom. The minimum atomic E-state index is -0.360. The summed E-state index contributed by atoms with van der Waals surface area (Å²) in [5.74, 6) is -0.360. The van der Waals surface area contributed by atoms with Crippen LogP contribution in [0.2, 0.25) is 0 Å². The number of rotatable bonds is 2. The Bertz CT molecular complexity index is 1020. The highest BCUT2D eigenvalue weighted by Gasteiger charge is 2.14. The predicted octanol–water partition coefficient (Wildman–Crippen LogP) is 3.44. The maximum atomic E-state index is 11.9. The molecule has 0 spiro atoms. The van der Waals surface area contributed by atoms with Gasteiger partial charge in [0.25, 0.3) is 0 Å². The van der Waals surface area contributed by atoms with Crippen molar-refractivity contribution in [3.8, 4) is 0 Å². The minimum absolute atomic E-state index is 0.343. The Kier molecular flexibility index (Phi) is 2.79. The molecule has 0 atom stereocenters. The van der Waals surface area contributed by atoms with Crippen LogP contribution in [0.3, 0.4) is 0 Å². The summed E-state index contributed by atoms with van der Waals surface area (Å²) in [5.41, 5.74) is 2.21. The largest absolute Gasteiger partial charge is 0.462 e. The van der Waals surface area contributed by atoms with Crippen molar-refractivity contribution in [1.29, 1.82) is 0 Å². The van der Waals surface area contributed by atoms with Crippen molar-refractivity contribution in [3.63, 3.8) is 0 Å². The highest BCUT2D eigenvalue weighted by atomic mass is 16.5. The fourth-order valence-electron chi connectivity index (χ4n) is 2.81. The third kappa shape index (κ3) is 1.75. The van der Waals surface area contributed by atoms with Crippen molar-refractivity contribution in [2.75, 3.05) is 6.61 Å². The second-order valence-electron chi connectivity index (χ2n) is 5.03. The van der Waals surface area contributed by atoms with Gasteiger partial charge < -0.3 is 9.72 Å². The number of H-pyrrole nitrogens is 1. The van der Waals surface area contributed by atoms with Crippen molar-refractivity contribution < 1.29 is 9.53 Å². The van der Waals surface area contributed by atoms with Crippen molar-refractivity contribution in [2.24, 2.45) is 0 Å². The highest BCUT2D eigenvalue weighted by molar-refractivity contribution is 6.23. The van der Waals surface area contributed by atoms with Gasteiger partial charge in [-0.2, -0.15) is 0 Å². The average molecular weight is 291 g/mol. The molecule has 0 aliphatic heterocycles. The van der Waals surface area contributed by atoms with E-state index in [1.165, 1.54) is 0 Å². The molecule has 4 aromatic rings. The third-order valence-corrected chi connectivity index (χ3v) is 3.77. The van der Waals surface area contributed by atoms with E-state index in [2.05, 4.69) is 15.0 Å². The van der Waals surface area contributed by atoms with Gasteiger partial charge in [0.2, 0.25) is 0 Å². The lowest BCUT2D eigenvalue weighted by Gasteiger charge is -2.08. The zero-order valence-corrected chi connectivity index (χ0v) is 12.0. The van der Waals surface area contributed by atoms with Gasteiger partial charge in [-0.15, -0.1) is 0 Å². The second kappa shape index (κ2) is 4.80. The van der Waals surface area contributed by atoms with Crippen LogP contribution in [0.1, 0.15) is 17.3 Å². The van der Waals surface area contributed by atoms with Crippen LogP contribution < -0.4 is 0 Å². The predicted molar refractivity (Wildman–Crippen MR) is 84.9 cm³/mol. The quantitative estimate of drug-likeness (QED) is 0.454. The van der Waals surface area contributed by atoms with Crippen molar-refractivity contribution in [3.05, 3.63) is 48.5 Å². The number of esters is 1. The van der Waals surface area contributed by atoms with E-state index in [0.717, 1.165) is 32.6 Å². The molecule has 0 amide bonds. The summed E-state index contributed by atoms with van der Waals surface area (Å²) >= 11 is 0. The molecule has 22 heavy (non-hydrogen) atoms. The molecule has 0 fully saturated rings. The molecule has 0 saturated carbocycles. The van der Waals surface area contributed by atoms with Crippen LogP contribution in [0.5, 0.6) is 0 Å². The molecule has 0 saturated heterocycles. The molecule has 0 unspecified atom stereocenters. The number of aromatic amines is 1. The van der Waals surface area contributed by atoms with Gasteiger partial charge in [0.15, 0.2) is 0 Å². The van der Waals surface area contributed by atoms with E-state index in [1.807, 2.05) is 30.6 Å². The lowest BCUT2D eigenvalue weighted by atomic mass is 10.0. The number of benzene rings is 1. The normalized spacial score (nSPS) is 11.3. The summed E-state index contributed by atoms with van der Waals surface area (Å²) in [6, 6.07) is 5.81. The summed E-state index contributed by atoms with van der Waals surface area (Å²) in [4.78, 5) is 23.9. The molecule has 3 aromatic heterocycles. The van der Waals surface area contributed by atoms with E-state index in [1.54, 1.807) is 19.3 Å². The fourth-order valence-corrected chi connectivity index (χ4v) is 2.81. The summed E-state index contributed by atoms with van der Waals surface area (Å²) in [6.45, 7) is 2.13. The van der Waals surface area contributed by atoms with E-state index in [9.17, 15) is 4.79 Å². The molecule has 5 nitrogen and oxygen atoms in total. The standard InChI is InChI=1S/C17H13N3O2/c1-2-22-17(21)10-6-12-14-9-18-8-13(14)11-4-3-5-19-15(11)16(12)20-7-10/h3-9,19H,2H2,1H3. The van der Waals surface area contributed by atoms with Gasteiger partial charge in [-0.1, -0.05) is 6.07 Å². The van der Waals surface area contributed by atoms with Crippen LogP contribution in [0.25, 0.3) is 32.6 Å². The molecule has 0 radical (unpaired) electrons. The molecule has 5 heteroatoms. The van der Waals surface area contributed by atoms with Crippen LogP contribution in [0, 0.1) is 0 Å². The molecule has 4 rings (SSSR count). The van der Waals surface area contributed by atoms with Gasteiger partial charge in [0.05, 0.1) is 23.2 Å². The number of fused-ring (bicyclic) bond motifs is 6. The van der Waals surface area contributed by atoms with Gasteiger partial charge >= 0.3 is 5.97 Å². The molecular formula is C17H13N3O2. The number of ether oxygens (including phenoxy) is 1. The number of hydrogen-bond acceptors (Lipinski definition) is 4. The first-order valence-electron chi connectivity index (χ1n) is 7.09. The first-order chi connectivity index (χ1) is 10.8. The van der Waals surface area contributed by atoms with E-state index in [0.29, 0.717) is 12.2 Å². The smallest absolute Gasteiger partial charge is 0.339 e. The number of aromatic nitrogens is 3. The summed E-state index contributed by atoms with van der Waals surface area (Å²) in [5, 5.41) is 4.00. The van der Waals surface area contributed by atoms with Crippen LogP contribution in [0.15, 0.2) is 43.0 Å². The van der Waals surface area contributed by atoms with E-state index >= 15 is 0 Å². The SMILES string of the molecule is CCOC(=O)c1cnc2c(c1)c1cncc1c1ccc[nH]c12. The lowest BCUT2D eigenvalue weighted by molar-refractivity contribution is 0.0526. The van der Waals surface area contributed by atoms with Crippen LogP contribution >= 0.6 is 0 Å². The summed E-state index contributed by atoms with van der Waals surface area (Å²) < 4.78 is 5.06. The minimum Gasteiger partial charge on any atom is -0.462 e. The molecular weight excluding hydrogens is 278 g/mol. The fraction of sp³-hybridized carbons (Fsp3) is 0.118.